The number of hydrogen-bond acceptors (Lipinski definition) is 7. The van der Waals surface area contributed by atoms with Crippen LogP contribution in [-0.2, 0) is 17.8 Å². The van der Waals surface area contributed by atoms with E-state index < -0.39 is 0 Å². The molecule has 0 radical (unpaired) electrons. The summed E-state index contributed by atoms with van der Waals surface area (Å²) in [5.41, 5.74) is 0. The Morgan fingerprint density at radius 2 is 2.25 bits per heavy atom. The zero-order chi connectivity index (χ0) is 16.2. The summed E-state index contributed by atoms with van der Waals surface area (Å²) in [5, 5.41) is 6.10. The normalized spacial score (nSPS) is 17.8. The second-order valence-corrected chi connectivity index (χ2v) is 6.91. The van der Waals surface area contributed by atoms with Crippen molar-refractivity contribution in [1.29, 1.82) is 0 Å². The summed E-state index contributed by atoms with van der Waals surface area (Å²) in [6.07, 6.45) is 4.15. The predicted molar refractivity (Wildman–Crippen MR) is 89.4 cm³/mol. The van der Waals surface area contributed by atoms with Gasteiger partial charge in [-0.3, -0.25) is 4.90 Å². The van der Waals surface area contributed by atoms with Gasteiger partial charge in [-0.25, -0.2) is 0 Å². The lowest BCUT2D eigenvalue weighted by molar-refractivity contribution is 0.0644. The Hall–Kier alpha value is -1.96. The molecule has 0 spiro atoms. The third-order valence-electron chi connectivity index (χ3n) is 4.01. The maximum atomic E-state index is 5.78. The van der Waals surface area contributed by atoms with Crippen LogP contribution >= 0.6 is 11.3 Å². The largest absolute Gasteiger partial charge is 0.461 e. The highest BCUT2D eigenvalue weighted by atomic mass is 32.1. The monoisotopic (exact) mass is 345 g/mol. The van der Waals surface area contributed by atoms with E-state index in [1.165, 1.54) is 4.88 Å². The van der Waals surface area contributed by atoms with E-state index in [9.17, 15) is 0 Å². The van der Waals surface area contributed by atoms with Gasteiger partial charge in [0.25, 0.3) is 0 Å². The molecule has 3 aromatic heterocycles. The Morgan fingerprint density at radius 3 is 3.00 bits per heavy atom. The van der Waals surface area contributed by atoms with Gasteiger partial charge in [0, 0.05) is 24.6 Å². The second-order valence-electron chi connectivity index (χ2n) is 5.87. The van der Waals surface area contributed by atoms with Gasteiger partial charge in [-0.2, -0.15) is 4.98 Å². The van der Waals surface area contributed by atoms with Crippen molar-refractivity contribution in [1.82, 2.24) is 15.0 Å². The molecule has 1 saturated heterocycles. The summed E-state index contributed by atoms with van der Waals surface area (Å²) in [6.45, 7) is 3.19. The highest BCUT2D eigenvalue weighted by Crippen LogP contribution is 2.20. The lowest BCUT2D eigenvalue weighted by atomic mass is 10.2. The van der Waals surface area contributed by atoms with E-state index in [1.54, 1.807) is 17.6 Å². The van der Waals surface area contributed by atoms with Gasteiger partial charge in [-0.15, -0.1) is 11.3 Å². The number of ether oxygens (including phenoxy) is 1. The van der Waals surface area contributed by atoms with Gasteiger partial charge in [0.1, 0.15) is 0 Å². The van der Waals surface area contributed by atoms with Crippen LogP contribution < -0.4 is 0 Å². The van der Waals surface area contributed by atoms with Gasteiger partial charge in [-0.05, 0) is 36.4 Å². The molecule has 24 heavy (non-hydrogen) atoms. The first-order valence-electron chi connectivity index (χ1n) is 8.09. The molecular formula is C17H19N3O3S. The summed E-state index contributed by atoms with van der Waals surface area (Å²) in [6, 6.07) is 7.86. The molecule has 0 bridgehead atoms. The lowest BCUT2D eigenvalue weighted by Gasteiger charge is -2.23. The van der Waals surface area contributed by atoms with Crippen LogP contribution in [0.4, 0.5) is 0 Å². The van der Waals surface area contributed by atoms with Gasteiger partial charge in [0.15, 0.2) is 5.76 Å². The van der Waals surface area contributed by atoms with Crippen molar-refractivity contribution in [2.75, 3.05) is 13.2 Å². The van der Waals surface area contributed by atoms with Crippen molar-refractivity contribution in [3.63, 3.8) is 0 Å². The first-order chi connectivity index (χ1) is 11.9. The Kier molecular flexibility index (Phi) is 4.73. The standard InChI is InChI=1S/C17H19N3O3S/c1-4-13(21-7-1)10-20(11-14-5-3-9-24-14)12-16-18-17(19-23-16)15-6-2-8-22-15/h2-3,5-6,8-9,13H,1,4,7,10-12H2. The highest BCUT2D eigenvalue weighted by Gasteiger charge is 2.22. The summed E-state index contributed by atoms with van der Waals surface area (Å²) >= 11 is 1.76. The molecule has 0 aliphatic carbocycles. The number of furan rings is 1. The van der Waals surface area contributed by atoms with Crippen molar-refractivity contribution in [3.8, 4) is 11.6 Å². The quantitative estimate of drug-likeness (QED) is 0.652. The number of thiophene rings is 1. The maximum absolute atomic E-state index is 5.78. The summed E-state index contributed by atoms with van der Waals surface area (Å²) in [7, 11) is 0. The Bertz CT molecular complexity index is 733. The molecule has 1 fully saturated rings. The van der Waals surface area contributed by atoms with Gasteiger partial charge in [-0.1, -0.05) is 11.2 Å². The number of rotatable bonds is 7. The van der Waals surface area contributed by atoms with E-state index in [0.29, 0.717) is 24.0 Å². The molecule has 0 aromatic carbocycles. The first kappa shape index (κ1) is 15.6. The zero-order valence-electron chi connectivity index (χ0n) is 13.3. The fraction of sp³-hybridized carbons (Fsp3) is 0.412. The van der Waals surface area contributed by atoms with Crippen LogP contribution in [0.25, 0.3) is 11.6 Å². The number of nitrogens with zero attached hydrogens (tertiary/aromatic N) is 3. The van der Waals surface area contributed by atoms with Crippen molar-refractivity contribution in [2.24, 2.45) is 0 Å². The van der Waals surface area contributed by atoms with Crippen LogP contribution in [0.1, 0.15) is 23.6 Å². The first-order valence-corrected chi connectivity index (χ1v) is 8.97. The highest BCUT2D eigenvalue weighted by molar-refractivity contribution is 7.09. The van der Waals surface area contributed by atoms with E-state index in [2.05, 4.69) is 32.6 Å². The fourth-order valence-electron chi connectivity index (χ4n) is 2.90. The van der Waals surface area contributed by atoms with Gasteiger partial charge < -0.3 is 13.7 Å². The van der Waals surface area contributed by atoms with Crippen LogP contribution in [0.5, 0.6) is 0 Å². The van der Waals surface area contributed by atoms with E-state index >= 15 is 0 Å². The number of hydrogen-bond donors (Lipinski definition) is 0. The third kappa shape index (κ3) is 3.75. The lowest BCUT2D eigenvalue weighted by Crippen LogP contribution is -2.31. The van der Waals surface area contributed by atoms with Crippen LogP contribution in [0.15, 0.2) is 44.8 Å². The van der Waals surface area contributed by atoms with E-state index in [4.69, 9.17) is 13.7 Å². The molecule has 0 saturated carbocycles. The van der Waals surface area contributed by atoms with Gasteiger partial charge in [0.05, 0.1) is 18.9 Å². The molecular weight excluding hydrogens is 326 g/mol. The summed E-state index contributed by atoms with van der Waals surface area (Å²) < 4.78 is 16.5. The van der Waals surface area contributed by atoms with Crippen LogP contribution in [0.3, 0.4) is 0 Å². The average Bonchev–Trinajstić information content (AvgIpc) is 3.37. The molecule has 7 heteroatoms. The molecule has 1 unspecified atom stereocenters. The average molecular weight is 345 g/mol. The Labute approximate surface area is 144 Å². The predicted octanol–water partition coefficient (Wildman–Crippen LogP) is 3.57. The Balaban J connectivity index is 1.46. The summed E-state index contributed by atoms with van der Waals surface area (Å²) in [4.78, 5) is 8.07. The zero-order valence-corrected chi connectivity index (χ0v) is 14.1. The molecule has 0 amide bonds. The number of aromatic nitrogens is 2. The molecule has 3 aromatic rings. The van der Waals surface area contributed by atoms with Crippen LogP contribution in [0.2, 0.25) is 0 Å². The van der Waals surface area contributed by atoms with Gasteiger partial charge >= 0.3 is 0 Å². The van der Waals surface area contributed by atoms with Crippen molar-refractivity contribution in [2.45, 2.75) is 32.0 Å². The fourth-order valence-corrected chi connectivity index (χ4v) is 3.65. The maximum Gasteiger partial charge on any atom is 0.241 e. The summed E-state index contributed by atoms with van der Waals surface area (Å²) in [5.74, 6) is 1.70. The van der Waals surface area contributed by atoms with E-state index in [1.807, 2.05) is 12.1 Å². The Morgan fingerprint density at radius 1 is 1.25 bits per heavy atom. The minimum absolute atomic E-state index is 0.289. The second kappa shape index (κ2) is 7.29. The van der Waals surface area contributed by atoms with Crippen molar-refractivity contribution in [3.05, 3.63) is 46.7 Å². The molecule has 126 valence electrons. The molecule has 1 aliphatic heterocycles. The SMILES string of the molecule is c1coc(-c2noc(CN(Cc3cccs3)CC3CCCO3)n2)c1. The molecule has 4 rings (SSSR count). The molecule has 1 aliphatic rings. The molecule has 4 heterocycles. The molecule has 1 atom stereocenters. The molecule has 0 N–H and O–H groups in total. The van der Waals surface area contributed by atoms with E-state index in [-0.39, 0.29) is 6.10 Å². The van der Waals surface area contributed by atoms with Crippen LogP contribution in [-0.4, -0.2) is 34.3 Å². The van der Waals surface area contributed by atoms with Crippen LogP contribution in [0, 0.1) is 0 Å². The topological polar surface area (TPSA) is 64.5 Å². The van der Waals surface area contributed by atoms with E-state index in [0.717, 1.165) is 32.5 Å². The molecule has 6 nitrogen and oxygen atoms in total. The van der Waals surface area contributed by atoms with Crippen molar-refractivity contribution >= 4 is 11.3 Å². The third-order valence-corrected chi connectivity index (χ3v) is 4.88. The minimum Gasteiger partial charge on any atom is -0.461 e. The smallest absolute Gasteiger partial charge is 0.241 e. The van der Waals surface area contributed by atoms with Crippen molar-refractivity contribution < 1.29 is 13.7 Å². The van der Waals surface area contributed by atoms with Gasteiger partial charge in [0.2, 0.25) is 11.7 Å². The minimum atomic E-state index is 0.289.